The van der Waals surface area contributed by atoms with Crippen LogP contribution < -0.4 is 11.3 Å². The van der Waals surface area contributed by atoms with E-state index in [2.05, 4.69) is 0 Å². The van der Waals surface area contributed by atoms with Crippen molar-refractivity contribution in [3.63, 3.8) is 0 Å². The number of aliphatic hydroxyl groups excluding tert-OH is 1. The maximum atomic E-state index is 13.2. The second-order valence-electron chi connectivity index (χ2n) is 7.39. The van der Waals surface area contributed by atoms with Gasteiger partial charge in [-0.15, -0.1) is 0 Å². The quantitative estimate of drug-likeness (QED) is 0.436. The Morgan fingerprint density at radius 3 is 2.76 bits per heavy atom. The molecule has 148 valence electrons. The summed E-state index contributed by atoms with van der Waals surface area (Å²) in [4.78, 5) is 30.3. The predicted octanol–water partition coefficient (Wildman–Crippen LogP) is 1.15. The molecule has 3 aromatic rings. The lowest BCUT2D eigenvalue weighted by Crippen LogP contribution is -2.45. The molecule has 1 aromatic carbocycles. The smallest absolute Gasteiger partial charge is 0.343 e. The van der Waals surface area contributed by atoms with Crippen molar-refractivity contribution >= 4 is 22.6 Å². The lowest BCUT2D eigenvalue weighted by Gasteiger charge is -2.33. The van der Waals surface area contributed by atoms with Gasteiger partial charge in [0.05, 0.1) is 41.3 Å². The zero-order valence-electron chi connectivity index (χ0n) is 15.7. The third-order valence-electron chi connectivity index (χ3n) is 6.02. The second kappa shape index (κ2) is 5.88. The Bertz CT molecular complexity index is 1280. The molecule has 2 aliphatic heterocycles. The number of carbonyl (C=O) groups excluding carboxylic acids is 1. The minimum absolute atomic E-state index is 0.0197. The summed E-state index contributed by atoms with van der Waals surface area (Å²) < 4.78 is 6.56. The number of aromatic nitrogens is 2. The molecule has 1 unspecified atom stereocenters. The van der Waals surface area contributed by atoms with Crippen molar-refractivity contribution in [2.45, 2.75) is 38.7 Å². The fourth-order valence-corrected chi connectivity index (χ4v) is 4.52. The van der Waals surface area contributed by atoms with Crippen molar-refractivity contribution in [1.82, 2.24) is 9.55 Å². The van der Waals surface area contributed by atoms with Gasteiger partial charge in [0.2, 0.25) is 0 Å². The Morgan fingerprint density at radius 2 is 2.03 bits per heavy atom. The molecule has 0 amide bonds. The van der Waals surface area contributed by atoms with E-state index in [0.29, 0.717) is 28.0 Å². The van der Waals surface area contributed by atoms with Crippen molar-refractivity contribution in [2.75, 3.05) is 5.73 Å². The first-order chi connectivity index (χ1) is 13.9. The largest absolute Gasteiger partial charge is 0.458 e. The summed E-state index contributed by atoms with van der Waals surface area (Å²) in [5, 5.41) is 21.8. The van der Waals surface area contributed by atoms with Crippen LogP contribution >= 0.6 is 0 Å². The number of anilines is 1. The van der Waals surface area contributed by atoms with Crippen LogP contribution in [0, 0.1) is 0 Å². The van der Waals surface area contributed by atoms with Crippen LogP contribution in [0.2, 0.25) is 0 Å². The molecule has 0 saturated carbocycles. The highest BCUT2D eigenvalue weighted by Crippen LogP contribution is 2.44. The minimum atomic E-state index is -1.98. The van der Waals surface area contributed by atoms with Crippen molar-refractivity contribution in [1.29, 1.82) is 0 Å². The van der Waals surface area contributed by atoms with Crippen LogP contribution in [0.15, 0.2) is 29.1 Å². The molecule has 0 bridgehead atoms. The van der Waals surface area contributed by atoms with Gasteiger partial charge < -0.3 is 25.3 Å². The summed E-state index contributed by atoms with van der Waals surface area (Å²) in [6, 6.07) is 7.40. The van der Waals surface area contributed by atoms with E-state index in [1.54, 1.807) is 6.92 Å². The molecule has 8 heteroatoms. The lowest BCUT2D eigenvalue weighted by atomic mass is 9.84. The van der Waals surface area contributed by atoms with Crippen LogP contribution in [0.1, 0.15) is 35.6 Å². The molecule has 0 saturated heterocycles. The van der Waals surface area contributed by atoms with E-state index < -0.39 is 11.6 Å². The number of rotatable bonds is 2. The number of hydrogen-bond donors (Lipinski definition) is 3. The number of nitrogens with zero attached hydrogens (tertiary/aromatic N) is 2. The highest BCUT2D eigenvalue weighted by atomic mass is 16.6. The van der Waals surface area contributed by atoms with Crippen LogP contribution in [0.25, 0.3) is 22.3 Å². The first-order valence-corrected chi connectivity index (χ1v) is 9.39. The zero-order valence-corrected chi connectivity index (χ0v) is 15.7. The molecule has 8 nitrogen and oxygen atoms in total. The van der Waals surface area contributed by atoms with Crippen LogP contribution in [0.4, 0.5) is 5.69 Å². The van der Waals surface area contributed by atoms with Gasteiger partial charge in [-0.2, -0.15) is 0 Å². The van der Waals surface area contributed by atoms with E-state index in [-0.39, 0.29) is 48.6 Å². The number of fused-ring (bicyclic) bond motifs is 5. The number of carbonyl (C=O) groups is 1. The summed E-state index contributed by atoms with van der Waals surface area (Å²) in [7, 11) is 0. The number of ether oxygens (including phenoxy) is 1. The van der Waals surface area contributed by atoms with Crippen molar-refractivity contribution in [3.8, 4) is 11.4 Å². The number of benzene rings is 1. The monoisotopic (exact) mass is 393 g/mol. The molecular weight excluding hydrogens is 374 g/mol. The number of hydrogen-bond acceptors (Lipinski definition) is 7. The average Bonchev–Trinajstić information content (AvgIpc) is 3.11. The number of nitrogens with two attached hydrogens (primary N) is 1. The summed E-state index contributed by atoms with van der Waals surface area (Å²) in [6.07, 6.45) is 0.0197. The average molecular weight is 393 g/mol. The normalized spacial score (nSPS) is 19.6. The highest BCUT2D eigenvalue weighted by molar-refractivity contribution is 5.93. The predicted molar refractivity (Wildman–Crippen MR) is 105 cm³/mol. The first kappa shape index (κ1) is 17.8. The molecule has 0 aliphatic carbocycles. The standard InChI is InChI=1S/C21H19N3O5/c1-2-21(28)15-13(9-29-20(21)27)19(26)24-7-11-12(8-25)10-5-3-4-6-14(10)23-17(11)18(24)16(15)22/h3-6,25,28H,2,7-9,22H2,1H3. The number of nitrogen functional groups attached to an aromatic ring is 1. The van der Waals surface area contributed by atoms with Gasteiger partial charge in [-0.05, 0) is 18.1 Å². The lowest BCUT2D eigenvalue weighted by molar-refractivity contribution is -0.172. The van der Waals surface area contributed by atoms with E-state index in [1.165, 1.54) is 4.57 Å². The Balaban J connectivity index is 1.90. The summed E-state index contributed by atoms with van der Waals surface area (Å²) in [5.74, 6) is -0.815. The van der Waals surface area contributed by atoms with E-state index in [9.17, 15) is 19.8 Å². The number of esters is 1. The number of para-hydroxylation sites is 1. The topological polar surface area (TPSA) is 128 Å². The molecule has 4 N–H and O–H groups in total. The molecule has 2 aliphatic rings. The number of cyclic esters (lactones) is 1. The van der Waals surface area contributed by atoms with Crippen molar-refractivity contribution < 1.29 is 19.7 Å². The molecule has 2 aromatic heterocycles. The maximum Gasteiger partial charge on any atom is 0.343 e. The number of pyridine rings is 2. The Labute approximate surface area is 165 Å². The second-order valence-corrected chi connectivity index (χ2v) is 7.39. The van der Waals surface area contributed by atoms with Crippen LogP contribution in [0.5, 0.6) is 0 Å². The Hall–Kier alpha value is -3.23. The van der Waals surface area contributed by atoms with Gasteiger partial charge in [-0.1, -0.05) is 25.1 Å². The van der Waals surface area contributed by atoms with E-state index >= 15 is 0 Å². The van der Waals surface area contributed by atoms with E-state index in [1.807, 2.05) is 24.3 Å². The SMILES string of the molecule is CCC1(O)C(=O)OCc2c1c(N)c1n(c2=O)Cc2c-1nc1ccccc1c2CO. The third-order valence-corrected chi connectivity index (χ3v) is 6.02. The molecule has 0 radical (unpaired) electrons. The first-order valence-electron chi connectivity index (χ1n) is 9.39. The van der Waals surface area contributed by atoms with Crippen LogP contribution in [0.3, 0.4) is 0 Å². The zero-order chi connectivity index (χ0) is 20.5. The van der Waals surface area contributed by atoms with Gasteiger partial charge in [-0.3, -0.25) is 4.79 Å². The van der Waals surface area contributed by atoms with Gasteiger partial charge in [0.25, 0.3) is 5.56 Å². The molecule has 4 heterocycles. The molecule has 1 atom stereocenters. The molecule has 0 spiro atoms. The summed E-state index contributed by atoms with van der Waals surface area (Å²) in [6.45, 7) is 1.38. The van der Waals surface area contributed by atoms with Crippen LogP contribution in [-0.4, -0.2) is 25.7 Å². The van der Waals surface area contributed by atoms with Crippen LogP contribution in [-0.2, 0) is 34.9 Å². The van der Waals surface area contributed by atoms with Gasteiger partial charge >= 0.3 is 5.97 Å². The Morgan fingerprint density at radius 1 is 1.28 bits per heavy atom. The van der Waals surface area contributed by atoms with Gasteiger partial charge in [-0.25, -0.2) is 9.78 Å². The molecule has 5 rings (SSSR count). The Kier molecular flexibility index (Phi) is 3.62. The van der Waals surface area contributed by atoms with E-state index in [0.717, 1.165) is 5.39 Å². The summed E-state index contributed by atoms with van der Waals surface area (Å²) in [5.41, 5.74) is 7.45. The van der Waals surface area contributed by atoms with Gasteiger partial charge in [0.1, 0.15) is 6.61 Å². The fraction of sp³-hybridized carbons (Fsp3) is 0.286. The summed E-state index contributed by atoms with van der Waals surface area (Å²) >= 11 is 0. The molecule has 29 heavy (non-hydrogen) atoms. The van der Waals surface area contributed by atoms with Crippen molar-refractivity contribution in [3.05, 3.63) is 56.9 Å². The molecule has 0 fully saturated rings. The molecular formula is C21H19N3O5. The van der Waals surface area contributed by atoms with Gasteiger partial charge in [0.15, 0.2) is 5.60 Å². The number of aliphatic hydroxyl groups is 2. The van der Waals surface area contributed by atoms with Crippen molar-refractivity contribution in [2.24, 2.45) is 0 Å². The third kappa shape index (κ3) is 2.12. The van der Waals surface area contributed by atoms with Gasteiger partial charge in [0, 0.05) is 16.5 Å². The maximum absolute atomic E-state index is 13.2. The highest BCUT2D eigenvalue weighted by Gasteiger charge is 2.47. The van der Waals surface area contributed by atoms with E-state index in [4.69, 9.17) is 15.5 Å². The minimum Gasteiger partial charge on any atom is -0.458 e. The fourth-order valence-electron chi connectivity index (χ4n) is 4.52.